The largest absolute Gasteiger partial charge is 0.462 e. The van der Waals surface area contributed by atoms with Crippen molar-refractivity contribution < 1.29 is 32.8 Å². The number of carbonyl (C=O) groups excluding carboxylic acids is 3. The summed E-state index contributed by atoms with van der Waals surface area (Å²) in [4.78, 5) is 37.6. The van der Waals surface area contributed by atoms with Gasteiger partial charge in [0.25, 0.3) is 0 Å². The number of rotatable bonds is 4. The van der Waals surface area contributed by atoms with Crippen LogP contribution < -0.4 is 14.8 Å². The lowest BCUT2D eigenvalue weighted by Gasteiger charge is -2.16. The highest BCUT2D eigenvalue weighted by Gasteiger charge is 2.38. The zero-order valence-electron chi connectivity index (χ0n) is 17.0. The fraction of sp³-hybridized carbons (Fsp3) is 0.318. The van der Waals surface area contributed by atoms with Crippen LogP contribution in [0.3, 0.4) is 0 Å². The average Bonchev–Trinajstić information content (AvgIpc) is 3.20. The quantitative estimate of drug-likeness (QED) is 0.723. The number of hydrogen-bond acceptors (Lipinski definition) is 7. The van der Waals surface area contributed by atoms with Crippen LogP contribution in [0.4, 0.5) is 5.69 Å². The van der Waals surface area contributed by atoms with Crippen LogP contribution in [-0.4, -0.2) is 45.8 Å². The fourth-order valence-corrected chi connectivity index (χ4v) is 5.00. The number of fused-ring (bicyclic) bond motifs is 2. The smallest absolute Gasteiger partial charge is 0.338 e. The Bertz CT molecular complexity index is 1080. The average molecular weight is 443 g/mol. The Hall–Kier alpha value is -3.20. The first-order valence-electron chi connectivity index (χ1n) is 9.83. The van der Waals surface area contributed by atoms with Gasteiger partial charge in [0.05, 0.1) is 17.4 Å². The third-order valence-electron chi connectivity index (χ3n) is 5.22. The Labute approximate surface area is 181 Å². The summed E-state index contributed by atoms with van der Waals surface area (Å²) >= 11 is 0. The second kappa shape index (κ2) is 8.50. The van der Waals surface area contributed by atoms with Gasteiger partial charge in [-0.05, 0) is 62.2 Å². The van der Waals surface area contributed by atoms with E-state index < -0.39 is 33.2 Å². The molecular formula is C22H21NO7S. The monoisotopic (exact) mass is 443 g/mol. The molecule has 0 spiro atoms. The standard InChI is InChI=1S/C22H21NO7S/c1-3-28-22(26)13-4-6-15(7-5-13)23-21(25)19-9-14-8-17-18(30-11-29-17)10-16(14)20(24)12(2)31(19)27/h4-8,10,12,19H,3,9,11H2,1-2H3,(H,23,25)/t12-,19+,31?/m1/s1. The molecule has 1 amide bonds. The van der Waals surface area contributed by atoms with E-state index in [2.05, 4.69) is 5.32 Å². The van der Waals surface area contributed by atoms with Gasteiger partial charge in [0.1, 0.15) is 5.25 Å². The first kappa shape index (κ1) is 21.0. The van der Waals surface area contributed by atoms with E-state index in [1.165, 1.54) is 0 Å². The summed E-state index contributed by atoms with van der Waals surface area (Å²) < 4.78 is 28.7. The Morgan fingerprint density at radius 1 is 1.16 bits per heavy atom. The molecule has 0 saturated carbocycles. The molecule has 31 heavy (non-hydrogen) atoms. The summed E-state index contributed by atoms with van der Waals surface area (Å²) in [6.45, 7) is 3.62. The van der Waals surface area contributed by atoms with E-state index in [1.54, 1.807) is 50.2 Å². The van der Waals surface area contributed by atoms with Crippen LogP contribution in [0.15, 0.2) is 36.4 Å². The lowest BCUT2D eigenvalue weighted by Crippen LogP contribution is -2.37. The van der Waals surface area contributed by atoms with Crippen molar-refractivity contribution in [1.29, 1.82) is 0 Å². The zero-order chi connectivity index (χ0) is 22.1. The zero-order valence-corrected chi connectivity index (χ0v) is 17.8. The molecule has 2 aromatic carbocycles. The molecule has 0 fully saturated rings. The third kappa shape index (κ3) is 4.05. The van der Waals surface area contributed by atoms with Crippen molar-refractivity contribution in [2.45, 2.75) is 30.8 Å². The SMILES string of the molecule is CCOC(=O)c1ccc(NC(=O)[C@@H]2Cc3cc4c(cc3C(=O)[C@@H](C)S2=O)OCO4)cc1. The normalized spacial score (nSPS) is 21.7. The summed E-state index contributed by atoms with van der Waals surface area (Å²) in [5.74, 6) is -0.240. The van der Waals surface area contributed by atoms with Gasteiger partial charge in [-0.1, -0.05) is 0 Å². The van der Waals surface area contributed by atoms with Crippen LogP contribution in [0.2, 0.25) is 0 Å². The molecule has 0 radical (unpaired) electrons. The summed E-state index contributed by atoms with van der Waals surface area (Å²) in [5, 5.41) is 0.966. The minimum atomic E-state index is -1.73. The number of Topliss-reactive ketones (excluding diaryl/α,β-unsaturated/α-hetero) is 1. The Kier molecular flexibility index (Phi) is 5.77. The number of anilines is 1. The number of benzene rings is 2. The van der Waals surface area contributed by atoms with Crippen LogP contribution in [0.25, 0.3) is 0 Å². The van der Waals surface area contributed by atoms with Crippen molar-refractivity contribution >= 4 is 34.1 Å². The van der Waals surface area contributed by atoms with Crippen LogP contribution in [0.5, 0.6) is 11.5 Å². The van der Waals surface area contributed by atoms with E-state index in [9.17, 15) is 18.6 Å². The maximum absolute atomic E-state index is 13.0. The number of ether oxygens (including phenoxy) is 3. The predicted molar refractivity (Wildman–Crippen MR) is 113 cm³/mol. The number of ketones is 1. The maximum Gasteiger partial charge on any atom is 0.338 e. The summed E-state index contributed by atoms with van der Waals surface area (Å²) in [7, 11) is -1.73. The highest BCUT2D eigenvalue weighted by Crippen LogP contribution is 2.37. The van der Waals surface area contributed by atoms with E-state index in [0.717, 1.165) is 0 Å². The molecule has 1 unspecified atom stereocenters. The molecule has 162 valence electrons. The molecule has 9 heteroatoms. The van der Waals surface area contributed by atoms with Crippen molar-refractivity contribution in [3.63, 3.8) is 0 Å². The van der Waals surface area contributed by atoms with E-state index in [1.807, 2.05) is 0 Å². The molecule has 2 aromatic rings. The predicted octanol–water partition coefficient (Wildman–Crippen LogP) is 2.48. The minimum Gasteiger partial charge on any atom is -0.462 e. The third-order valence-corrected chi connectivity index (χ3v) is 7.08. The topological polar surface area (TPSA) is 108 Å². The fourth-order valence-electron chi connectivity index (χ4n) is 3.56. The van der Waals surface area contributed by atoms with E-state index >= 15 is 0 Å². The second-order valence-electron chi connectivity index (χ2n) is 7.18. The molecule has 0 aliphatic carbocycles. The van der Waals surface area contributed by atoms with Gasteiger partial charge >= 0.3 is 5.97 Å². The van der Waals surface area contributed by atoms with Crippen molar-refractivity contribution in [2.24, 2.45) is 0 Å². The highest BCUT2D eigenvalue weighted by atomic mass is 32.2. The Balaban J connectivity index is 1.57. The highest BCUT2D eigenvalue weighted by molar-refractivity contribution is 7.88. The van der Waals surface area contributed by atoms with Gasteiger partial charge in [-0.15, -0.1) is 0 Å². The van der Waals surface area contributed by atoms with Crippen LogP contribution in [0, 0.1) is 0 Å². The minimum absolute atomic E-state index is 0.0691. The van der Waals surface area contributed by atoms with E-state index in [4.69, 9.17) is 14.2 Å². The molecule has 0 bridgehead atoms. The summed E-state index contributed by atoms with van der Waals surface area (Å²) in [6, 6.07) is 9.51. The molecule has 0 saturated heterocycles. The van der Waals surface area contributed by atoms with Crippen molar-refractivity contribution in [2.75, 3.05) is 18.7 Å². The maximum atomic E-state index is 13.0. The summed E-state index contributed by atoms with van der Waals surface area (Å²) in [5.41, 5.74) is 1.82. The molecule has 4 rings (SSSR count). The second-order valence-corrected chi connectivity index (χ2v) is 9.11. The van der Waals surface area contributed by atoms with Crippen molar-refractivity contribution in [3.05, 3.63) is 53.1 Å². The Morgan fingerprint density at radius 3 is 2.52 bits per heavy atom. The summed E-state index contributed by atoms with van der Waals surface area (Å²) in [6.07, 6.45) is 0.126. The molecule has 2 heterocycles. The van der Waals surface area contributed by atoms with Gasteiger partial charge in [-0.3, -0.25) is 13.8 Å². The van der Waals surface area contributed by atoms with Gasteiger partial charge in [0.15, 0.2) is 17.3 Å². The molecule has 1 N–H and O–H groups in total. The van der Waals surface area contributed by atoms with Crippen molar-refractivity contribution in [1.82, 2.24) is 0 Å². The first-order valence-corrected chi connectivity index (χ1v) is 11.1. The van der Waals surface area contributed by atoms with Crippen LogP contribution in [0.1, 0.15) is 40.1 Å². The molecule has 2 aliphatic heterocycles. The van der Waals surface area contributed by atoms with Gasteiger partial charge in [-0.25, -0.2) is 4.79 Å². The first-order chi connectivity index (χ1) is 14.9. The van der Waals surface area contributed by atoms with Gasteiger partial charge < -0.3 is 19.5 Å². The number of hydrogen-bond donors (Lipinski definition) is 1. The van der Waals surface area contributed by atoms with Gasteiger partial charge in [-0.2, -0.15) is 0 Å². The lowest BCUT2D eigenvalue weighted by atomic mass is 9.97. The van der Waals surface area contributed by atoms with Crippen LogP contribution >= 0.6 is 0 Å². The van der Waals surface area contributed by atoms with E-state index in [0.29, 0.717) is 33.9 Å². The number of amides is 1. The van der Waals surface area contributed by atoms with Gasteiger partial charge in [0, 0.05) is 22.1 Å². The van der Waals surface area contributed by atoms with Gasteiger partial charge in [0.2, 0.25) is 12.7 Å². The lowest BCUT2D eigenvalue weighted by molar-refractivity contribution is -0.115. The number of carbonyl (C=O) groups is 3. The Morgan fingerprint density at radius 2 is 1.84 bits per heavy atom. The van der Waals surface area contributed by atoms with Crippen molar-refractivity contribution in [3.8, 4) is 11.5 Å². The molecular weight excluding hydrogens is 422 g/mol. The molecule has 0 aromatic heterocycles. The number of esters is 1. The van der Waals surface area contributed by atoms with Crippen LogP contribution in [-0.2, 0) is 26.8 Å². The number of nitrogens with one attached hydrogen (secondary N) is 1. The molecule has 3 atom stereocenters. The molecule has 2 aliphatic rings. The van der Waals surface area contributed by atoms with E-state index in [-0.39, 0.29) is 25.6 Å². The molecule has 8 nitrogen and oxygen atoms in total.